The molecule has 0 aromatic heterocycles. The van der Waals surface area contributed by atoms with Crippen LogP contribution in [0.1, 0.15) is 39.2 Å². The Morgan fingerprint density at radius 1 is 1.31 bits per heavy atom. The molecule has 1 heterocycles. The molecule has 1 aromatic rings. The van der Waals surface area contributed by atoms with Gasteiger partial charge in [0.2, 0.25) is 5.75 Å². The van der Waals surface area contributed by atoms with Gasteiger partial charge in [-0.25, -0.2) is 9.18 Å². The Bertz CT molecular complexity index is 730. The summed E-state index contributed by atoms with van der Waals surface area (Å²) in [5.41, 5.74) is 0.428. The van der Waals surface area contributed by atoms with Gasteiger partial charge in [0.15, 0.2) is 5.82 Å². The molecular formula is C18H23FN2O5. The monoisotopic (exact) mass is 366 g/mol. The Morgan fingerprint density at radius 3 is 2.42 bits per heavy atom. The molecule has 0 unspecified atom stereocenters. The summed E-state index contributed by atoms with van der Waals surface area (Å²) in [5.74, 6) is -1.16. The van der Waals surface area contributed by atoms with Gasteiger partial charge in [-0.1, -0.05) is 11.6 Å². The molecule has 2 rings (SSSR count). The van der Waals surface area contributed by atoms with E-state index in [4.69, 9.17) is 9.47 Å². The number of hydrogen-bond acceptors (Lipinski definition) is 5. The molecule has 1 fully saturated rings. The van der Waals surface area contributed by atoms with Crippen LogP contribution in [-0.2, 0) is 4.74 Å². The van der Waals surface area contributed by atoms with E-state index >= 15 is 0 Å². The lowest BCUT2D eigenvalue weighted by atomic mass is 10.0. The van der Waals surface area contributed by atoms with E-state index in [1.807, 2.05) is 20.8 Å². The van der Waals surface area contributed by atoms with Gasteiger partial charge in [-0.3, -0.25) is 10.1 Å². The van der Waals surface area contributed by atoms with E-state index in [0.717, 1.165) is 5.57 Å². The molecule has 1 aliphatic heterocycles. The van der Waals surface area contributed by atoms with Crippen molar-refractivity contribution in [3.05, 3.63) is 39.2 Å². The van der Waals surface area contributed by atoms with Crippen LogP contribution >= 0.6 is 0 Å². The van der Waals surface area contributed by atoms with Crippen molar-refractivity contribution in [1.82, 2.24) is 4.90 Å². The summed E-state index contributed by atoms with van der Waals surface area (Å²) >= 11 is 0. The number of benzene rings is 1. The van der Waals surface area contributed by atoms with Crippen LogP contribution in [0.2, 0.25) is 0 Å². The van der Waals surface area contributed by atoms with Crippen LogP contribution in [-0.4, -0.2) is 41.7 Å². The summed E-state index contributed by atoms with van der Waals surface area (Å²) < 4.78 is 24.1. The molecule has 0 spiro atoms. The van der Waals surface area contributed by atoms with Crippen LogP contribution in [0.25, 0.3) is 6.08 Å². The number of rotatable bonds is 3. The highest BCUT2D eigenvalue weighted by Crippen LogP contribution is 2.32. The van der Waals surface area contributed by atoms with E-state index in [1.165, 1.54) is 19.2 Å². The van der Waals surface area contributed by atoms with Crippen molar-refractivity contribution in [2.24, 2.45) is 0 Å². The molecule has 0 aliphatic carbocycles. The quantitative estimate of drug-likeness (QED) is 0.593. The number of amides is 1. The molecule has 1 saturated heterocycles. The van der Waals surface area contributed by atoms with Gasteiger partial charge >= 0.3 is 11.8 Å². The molecule has 26 heavy (non-hydrogen) atoms. The summed E-state index contributed by atoms with van der Waals surface area (Å²) in [6.07, 6.45) is 2.56. The van der Waals surface area contributed by atoms with Crippen molar-refractivity contribution < 1.29 is 23.6 Å². The van der Waals surface area contributed by atoms with Crippen LogP contribution in [0.3, 0.4) is 0 Å². The molecule has 0 atom stereocenters. The predicted molar refractivity (Wildman–Crippen MR) is 94.6 cm³/mol. The molecule has 7 nitrogen and oxygen atoms in total. The minimum Gasteiger partial charge on any atom is -0.488 e. The number of piperidine rings is 1. The molecule has 0 bridgehead atoms. The smallest absolute Gasteiger partial charge is 0.410 e. The third-order valence-electron chi connectivity index (χ3n) is 3.88. The maximum Gasteiger partial charge on any atom is 0.410 e. The summed E-state index contributed by atoms with van der Waals surface area (Å²) in [4.78, 5) is 24.1. The number of nitrogens with zero attached hydrogens (tertiary/aromatic N) is 2. The van der Waals surface area contributed by atoms with E-state index in [-0.39, 0.29) is 11.8 Å². The first-order valence-electron chi connectivity index (χ1n) is 8.30. The van der Waals surface area contributed by atoms with Crippen LogP contribution in [0.15, 0.2) is 17.7 Å². The minimum atomic E-state index is -0.778. The van der Waals surface area contributed by atoms with Gasteiger partial charge in [-0.05, 0) is 45.2 Å². The number of nitro groups is 1. The van der Waals surface area contributed by atoms with Crippen molar-refractivity contribution in [2.75, 3.05) is 20.2 Å². The van der Waals surface area contributed by atoms with Crippen molar-refractivity contribution in [3.8, 4) is 5.75 Å². The molecule has 0 radical (unpaired) electrons. The van der Waals surface area contributed by atoms with Gasteiger partial charge in [0.05, 0.1) is 12.0 Å². The lowest BCUT2D eigenvalue weighted by Gasteiger charge is -2.31. The maximum atomic E-state index is 14.0. The average Bonchev–Trinajstić information content (AvgIpc) is 2.53. The number of nitro benzene ring substituents is 1. The Kier molecular flexibility index (Phi) is 5.84. The van der Waals surface area contributed by atoms with E-state index in [9.17, 15) is 19.3 Å². The SMILES string of the molecule is COc1c(F)cc(C=C2CCN(C(=O)OC(C)(C)C)CC2)cc1[N+](=O)[O-]. The molecule has 142 valence electrons. The third kappa shape index (κ3) is 4.93. The zero-order chi connectivity index (χ0) is 19.5. The van der Waals surface area contributed by atoms with Crippen LogP contribution in [0.4, 0.5) is 14.9 Å². The standard InChI is InChI=1S/C18H23FN2O5/c1-18(2,3)26-17(22)20-7-5-12(6-8-20)9-13-10-14(19)16(25-4)15(11-13)21(23)24/h9-11H,5-8H2,1-4H3. The second-order valence-corrected chi connectivity index (χ2v) is 7.08. The van der Waals surface area contributed by atoms with Crippen LogP contribution < -0.4 is 4.74 Å². The van der Waals surface area contributed by atoms with Crippen molar-refractivity contribution >= 4 is 17.9 Å². The number of carbonyl (C=O) groups is 1. The molecule has 0 saturated carbocycles. The minimum absolute atomic E-state index is 0.359. The summed E-state index contributed by atoms with van der Waals surface area (Å²) in [5, 5.41) is 11.1. The first-order valence-corrected chi connectivity index (χ1v) is 8.30. The summed E-state index contributed by atoms with van der Waals surface area (Å²) in [6.45, 7) is 6.41. The highest BCUT2D eigenvalue weighted by Gasteiger charge is 2.25. The van der Waals surface area contributed by atoms with Crippen LogP contribution in [0, 0.1) is 15.9 Å². The van der Waals surface area contributed by atoms with Gasteiger partial charge in [0.1, 0.15) is 5.60 Å². The van der Waals surface area contributed by atoms with Crippen LogP contribution in [0.5, 0.6) is 5.75 Å². The first-order chi connectivity index (χ1) is 12.1. The first kappa shape index (κ1) is 19.7. The highest BCUT2D eigenvalue weighted by atomic mass is 19.1. The van der Waals surface area contributed by atoms with Crippen molar-refractivity contribution in [3.63, 3.8) is 0 Å². The zero-order valence-corrected chi connectivity index (χ0v) is 15.4. The molecule has 1 aromatic carbocycles. The van der Waals surface area contributed by atoms with Gasteiger partial charge in [0.25, 0.3) is 0 Å². The van der Waals surface area contributed by atoms with E-state index in [2.05, 4.69) is 0 Å². The fraction of sp³-hybridized carbons (Fsp3) is 0.500. The lowest BCUT2D eigenvalue weighted by molar-refractivity contribution is -0.386. The molecule has 0 N–H and O–H groups in total. The van der Waals surface area contributed by atoms with E-state index in [0.29, 0.717) is 31.5 Å². The Hall–Kier alpha value is -2.64. The number of methoxy groups -OCH3 is 1. The Morgan fingerprint density at radius 2 is 1.92 bits per heavy atom. The van der Waals surface area contributed by atoms with Crippen molar-refractivity contribution in [2.45, 2.75) is 39.2 Å². The Balaban J connectivity index is 2.11. The number of ether oxygens (including phenoxy) is 2. The van der Waals surface area contributed by atoms with Gasteiger partial charge < -0.3 is 14.4 Å². The number of hydrogen-bond donors (Lipinski definition) is 0. The fourth-order valence-electron chi connectivity index (χ4n) is 2.70. The summed E-state index contributed by atoms with van der Waals surface area (Å²) in [6, 6.07) is 2.49. The Labute approximate surface area is 151 Å². The normalized spacial score (nSPS) is 14.8. The fourth-order valence-corrected chi connectivity index (χ4v) is 2.70. The van der Waals surface area contributed by atoms with Gasteiger partial charge in [-0.15, -0.1) is 0 Å². The summed E-state index contributed by atoms with van der Waals surface area (Å²) in [7, 11) is 1.19. The maximum absolute atomic E-state index is 14.0. The predicted octanol–water partition coefficient (Wildman–Crippen LogP) is 4.16. The molecule has 8 heteroatoms. The number of halogens is 1. The molecular weight excluding hydrogens is 343 g/mol. The molecule has 1 aliphatic rings. The topological polar surface area (TPSA) is 81.9 Å². The zero-order valence-electron chi connectivity index (χ0n) is 15.4. The molecule has 1 amide bonds. The van der Waals surface area contributed by atoms with Crippen molar-refractivity contribution in [1.29, 1.82) is 0 Å². The van der Waals surface area contributed by atoms with E-state index < -0.39 is 22.0 Å². The second kappa shape index (κ2) is 7.72. The van der Waals surface area contributed by atoms with Gasteiger partial charge in [0, 0.05) is 19.2 Å². The highest BCUT2D eigenvalue weighted by molar-refractivity contribution is 5.69. The van der Waals surface area contributed by atoms with E-state index in [1.54, 1.807) is 11.0 Å². The second-order valence-electron chi connectivity index (χ2n) is 7.08. The third-order valence-corrected chi connectivity index (χ3v) is 3.88. The number of likely N-dealkylation sites (tertiary alicyclic amines) is 1. The van der Waals surface area contributed by atoms with Gasteiger partial charge in [-0.2, -0.15) is 0 Å². The number of carbonyl (C=O) groups excluding carboxylic acids is 1. The average molecular weight is 366 g/mol. The lowest BCUT2D eigenvalue weighted by Crippen LogP contribution is -2.40. The largest absolute Gasteiger partial charge is 0.488 e.